The molecule has 1 fully saturated rings. The van der Waals surface area contributed by atoms with E-state index in [2.05, 4.69) is 11.2 Å². The van der Waals surface area contributed by atoms with Crippen LogP contribution in [-0.2, 0) is 10.0 Å². The molecule has 7 heteroatoms. The Morgan fingerprint density at radius 3 is 2.58 bits per heavy atom. The molecular weight excluding hydrogens is 324 g/mol. The molecule has 3 rings (SSSR count). The Kier molecular flexibility index (Phi) is 4.33. The molecule has 0 saturated heterocycles. The van der Waals surface area contributed by atoms with Crippen molar-refractivity contribution in [3.05, 3.63) is 42.2 Å². The van der Waals surface area contributed by atoms with Crippen LogP contribution in [0.25, 0.3) is 0 Å². The van der Waals surface area contributed by atoms with Crippen LogP contribution in [0, 0.1) is 11.3 Å². The number of aromatic nitrogens is 2. The van der Waals surface area contributed by atoms with Crippen molar-refractivity contribution in [1.29, 1.82) is 5.26 Å². The maximum absolute atomic E-state index is 13.2. The minimum absolute atomic E-state index is 0.0810. The molecule has 1 aromatic carbocycles. The van der Waals surface area contributed by atoms with Crippen molar-refractivity contribution in [2.24, 2.45) is 0 Å². The highest BCUT2D eigenvalue weighted by atomic mass is 32.2. The number of nitriles is 1. The minimum atomic E-state index is -3.76. The van der Waals surface area contributed by atoms with Crippen LogP contribution >= 0.6 is 0 Å². The molecule has 126 valence electrons. The smallest absolute Gasteiger partial charge is 0.267 e. The molecule has 1 aliphatic carbocycles. The number of nitrogens with zero attached hydrogens (tertiary/aromatic N) is 4. The Labute approximate surface area is 142 Å². The largest absolute Gasteiger partial charge is 0.269 e. The van der Waals surface area contributed by atoms with Crippen LogP contribution in [0.4, 0.5) is 5.69 Å². The molecule has 0 radical (unpaired) electrons. The zero-order chi connectivity index (χ0) is 17.3. The highest BCUT2D eigenvalue weighted by Gasteiger charge is 2.37. The van der Waals surface area contributed by atoms with E-state index < -0.39 is 10.0 Å². The van der Waals surface area contributed by atoms with Gasteiger partial charge in [-0.3, -0.25) is 8.99 Å². The summed E-state index contributed by atoms with van der Waals surface area (Å²) < 4.78 is 29.5. The molecule has 1 aliphatic rings. The van der Waals surface area contributed by atoms with E-state index in [1.807, 2.05) is 13.8 Å². The van der Waals surface area contributed by atoms with Gasteiger partial charge >= 0.3 is 0 Å². The fourth-order valence-electron chi connectivity index (χ4n) is 2.75. The SMILES string of the molecule is CC(C)n1cc(S(=O)(=O)N(c2ccccc2C#N)C2CCC2)cn1. The van der Waals surface area contributed by atoms with Crippen molar-refractivity contribution < 1.29 is 8.42 Å². The van der Waals surface area contributed by atoms with Gasteiger partial charge in [0.1, 0.15) is 11.0 Å². The topological polar surface area (TPSA) is 79.0 Å². The molecule has 6 nitrogen and oxygen atoms in total. The van der Waals surface area contributed by atoms with Gasteiger partial charge < -0.3 is 0 Å². The van der Waals surface area contributed by atoms with Crippen molar-refractivity contribution in [2.75, 3.05) is 4.31 Å². The molecule has 0 aliphatic heterocycles. The monoisotopic (exact) mass is 344 g/mol. The second-order valence-corrected chi connectivity index (χ2v) is 8.08. The molecule has 1 aromatic heterocycles. The maximum Gasteiger partial charge on any atom is 0.267 e. The minimum Gasteiger partial charge on any atom is -0.269 e. The highest BCUT2D eigenvalue weighted by molar-refractivity contribution is 7.92. The highest BCUT2D eigenvalue weighted by Crippen LogP contribution is 2.36. The summed E-state index contributed by atoms with van der Waals surface area (Å²) in [5, 5.41) is 13.5. The molecule has 1 saturated carbocycles. The molecule has 2 aromatic rings. The lowest BCUT2D eigenvalue weighted by Gasteiger charge is -2.38. The van der Waals surface area contributed by atoms with E-state index in [0.717, 1.165) is 19.3 Å². The van der Waals surface area contributed by atoms with E-state index in [0.29, 0.717) is 11.3 Å². The summed E-state index contributed by atoms with van der Waals surface area (Å²) in [6, 6.07) is 8.92. The second-order valence-electron chi connectivity index (χ2n) is 6.26. The van der Waals surface area contributed by atoms with Crippen LogP contribution in [0.15, 0.2) is 41.6 Å². The summed E-state index contributed by atoms with van der Waals surface area (Å²) in [5.41, 5.74) is 0.811. The molecule has 0 amide bonds. The summed E-state index contributed by atoms with van der Waals surface area (Å²) >= 11 is 0. The quantitative estimate of drug-likeness (QED) is 0.835. The van der Waals surface area contributed by atoms with Gasteiger partial charge in [0.25, 0.3) is 10.0 Å². The summed E-state index contributed by atoms with van der Waals surface area (Å²) in [6.07, 6.45) is 5.54. The Morgan fingerprint density at radius 1 is 1.33 bits per heavy atom. The van der Waals surface area contributed by atoms with Gasteiger partial charge in [-0.25, -0.2) is 8.42 Å². The van der Waals surface area contributed by atoms with Crippen LogP contribution in [-0.4, -0.2) is 24.2 Å². The standard InChI is InChI=1S/C17H20N4O2S/c1-13(2)20-12-16(11-19-20)24(22,23)21(15-7-5-8-15)17-9-4-3-6-14(17)10-18/h3-4,6,9,11-13,15H,5,7-8H2,1-2H3. The number of benzene rings is 1. The van der Waals surface area contributed by atoms with E-state index in [9.17, 15) is 13.7 Å². The number of anilines is 1. The zero-order valence-electron chi connectivity index (χ0n) is 13.8. The normalized spacial score (nSPS) is 15.1. The van der Waals surface area contributed by atoms with Crippen molar-refractivity contribution >= 4 is 15.7 Å². The Balaban J connectivity index is 2.10. The summed E-state index contributed by atoms with van der Waals surface area (Å²) in [5.74, 6) is 0. The first kappa shape index (κ1) is 16.5. The third kappa shape index (κ3) is 2.78. The Morgan fingerprint density at radius 2 is 2.04 bits per heavy atom. The molecule has 0 unspecified atom stereocenters. The van der Waals surface area contributed by atoms with Gasteiger partial charge in [-0.1, -0.05) is 12.1 Å². The third-order valence-corrected chi connectivity index (χ3v) is 6.15. The summed E-state index contributed by atoms with van der Waals surface area (Å²) in [6.45, 7) is 3.89. The predicted molar refractivity (Wildman–Crippen MR) is 91.1 cm³/mol. The zero-order valence-corrected chi connectivity index (χ0v) is 14.6. The van der Waals surface area contributed by atoms with Crippen LogP contribution < -0.4 is 4.31 Å². The van der Waals surface area contributed by atoms with E-state index >= 15 is 0 Å². The number of para-hydroxylation sites is 1. The number of hydrogen-bond donors (Lipinski definition) is 0. The first-order valence-corrected chi connectivity index (χ1v) is 9.47. The molecule has 1 heterocycles. The van der Waals surface area contributed by atoms with Gasteiger partial charge in [0.2, 0.25) is 0 Å². The third-order valence-electron chi connectivity index (χ3n) is 4.33. The van der Waals surface area contributed by atoms with Crippen LogP contribution in [0.5, 0.6) is 0 Å². The molecule has 24 heavy (non-hydrogen) atoms. The van der Waals surface area contributed by atoms with Crippen LogP contribution in [0.3, 0.4) is 0 Å². The first-order chi connectivity index (χ1) is 11.4. The van der Waals surface area contributed by atoms with Crippen LogP contribution in [0.2, 0.25) is 0 Å². The average Bonchev–Trinajstić information content (AvgIpc) is 3.01. The van der Waals surface area contributed by atoms with Crippen molar-refractivity contribution in [3.8, 4) is 6.07 Å². The number of sulfonamides is 1. The fourth-order valence-corrected chi connectivity index (χ4v) is 4.42. The first-order valence-electron chi connectivity index (χ1n) is 8.03. The molecule has 0 spiro atoms. The van der Waals surface area contributed by atoms with Gasteiger partial charge in [-0.15, -0.1) is 0 Å². The molecule has 0 bridgehead atoms. The molecular formula is C17H20N4O2S. The van der Waals surface area contributed by atoms with E-state index in [1.165, 1.54) is 10.5 Å². The lowest BCUT2D eigenvalue weighted by Crippen LogP contribution is -2.44. The van der Waals surface area contributed by atoms with Gasteiger partial charge in [0.15, 0.2) is 0 Å². The number of rotatable bonds is 5. The maximum atomic E-state index is 13.2. The van der Waals surface area contributed by atoms with Gasteiger partial charge in [-0.05, 0) is 45.2 Å². The van der Waals surface area contributed by atoms with Crippen molar-refractivity contribution in [3.63, 3.8) is 0 Å². The fraction of sp³-hybridized carbons (Fsp3) is 0.412. The lowest BCUT2D eigenvalue weighted by molar-refractivity contribution is 0.415. The van der Waals surface area contributed by atoms with Gasteiger partial charge in [-0.2, -0.15) is 10.4 Å². The van der Waals surface area contributed by atoms with E-state index in [1.54, 1.807) is 35.1 Å². The number of hydrogen-bond acceptors (Lipinski definition) is 4. The van der Waals surface area contributed by atoms with Crippen molar-refractivity contribution in [1.82, 2.24) is 9.78 Å². The van der Waals surface area contributed by atoms with E-state index in [-0.39, 0.29) is 17.0 Å². The predicted octanol–water partition coefficient (Wildman–Crippen LogP) is 3.08. The summed E-state index contributed by atoms with van der Waals surface area (Å²) in [7, 11) is -3.76. The average molecular weight is 344 g/mol. The Hall–Kier alpha value is -2.33. The summed E-state index contributed by atoms with van der Waals surface area (Å²) in [4.78, 5) is 0.163. The Bertz CT molecular complexity index is 876. The van der Waals surface area contributed by atoms with Gasteiger partial charge in [0.05, 0.1) is 17.4 Å². The molecule has 0 atom stereocenters. The van der Waals surface area contributed by atoms with Crippen molar-refractivity contribution in [2.45, 2.75) is 50.1 Å². The second kappa shape index (κ2) is 6.29. The van der Waals surface area contributed by atoms with E-state index in [4.69, 9.17) is 0 Å². The van der Waals surface area contributed by atoms with Crippen LogP contribution in [0.1, 0.15) is 44.7 Å². The lowest BCUT2D eigenvalue weighted by atomic mass is 9.92. The molecule has 0 N–H and O–H groups in total. The van der Waals surface area contributed by atoms with Gasteiger partial charge in [0, 0.05) is 18.3 Å².